The minimum atomic E-state index is -0.0144. The molecule has 0 saturated carbocycles. The Balaban J connectivity index is 1.65. The average Bonchev–Trinajstić information content (AvgIpc) is 2.80. The molecular weight excluding hydrogens is 376 g/mol. The molecule has 0 fully saturated rings. The number of amides is 1. The minimum absolute atomic E-state index is 0.00473. The van der Waals surface area contributed by atoms with Crippen molar-refractivity contribution in [2.75, 3.05) is 18.6 Å². The van der Waals surface area contributed by atoms with Gasteiger partial charge in [-0.2, -0.15) is 0 Å². The molecule has 5 nitrogen and oxygen atoms in total. The molecule has 0 radical (unpaired) electrons. The van der Waals surface area contributed by atoms with Crippen LogP contribution in [0.3, 0.4) is 0 Å². The number of fused-ring (bicyclic) bond motifs is 3. The quantitative estimate of drug-likeness (QED) is 0.487. The first-order chi connectivity index (χ1) is 14.7. The lowest BCUT2D eigenvalue weighted by atomic mass is 10.0. The number of hydrogen-bond donors (Lipinski definition) is 0. The Morgan fingerprint density at radius 1 is 0.933 bits per heavy atom. The molecule has 5 rings (SSSR count). The Labute approximate surface area is 174 Å². The highest BCUT2D eigenvalue weighted by atomic mass is 16.5. The summed E-state index contributed by atoms with van der Waals surface area (Å²) in [5.74, 6) is 0.703. The molecule has 4 aromatic rings. The second kappa shape index (κ2) is 7.34. The van der Waals surface area contributed by atoms with E-state index in [9.17, 15) is 9.59 Å². The molecule has 0 N–H and O–H groups in total. The van der Waals surface area contributed by atoms with E-state index in [1.54, 1.807) is 7.11 Å². The van der Waals surface area contributed by atoms with E-state index in [1.807, 2.05) is 70.1 Å². The van der Waals surface area contributed by atoms with Crippen molar-refractivity contribution in [2.45, 2.75) is 19.4 Å². The predicted octanol–water partition coefficient (Wildman–Crippen LogP) is 4.14. The summed E-state index contributed by atoms with van der Waals surface area (Å²) in [7, 11) is 1.63. The maximum absolute atomic E-state index is 13.5. The third-order valence-corrected chi connectivity index (χ3v) is 5.87. The fraction of sp³-hybridized carbons (Fsp3) is 0.200. The predicted molar refractivity (Wildman–Crippen MR) is 119 cm³/mol. The van der Waals surface area contributed by atoms with Gasteiger partial charge in [0.1, 0.15) is 12.3 Å². The average molecular weight is 398 g/mol. The normalized spacial score (nSPS) is 13.4. The van der Waals surface area contributed by atoms with E-state index in [1.165, 1.54) is 0 Å². The number of anilines is 1. The van der Waals surface area contributed by atoms with E-state index in [0.717, 1.165) is 40.9 Å². The molecule has 0 atom stereocenters. The van der Waals surface area contributed by atoms with Crippen LogP contribution in [-0.4, -0.2) is 24.1 Å². The van der Waals surface area contributed by atoms with E-state index in [4.69, 9.17) is 4.74 Å². The van der Waals surface area contributed by atoms with Crippen LogP contribution in [0.25, 0.3) is 21.8 Å². The second-order valence-electron chi connectivity index (χ2n) is 7.57. The van der Waals surface area contributed by atoms with Crippen LogP contribution in [-0.2, 0) is 17.8 Å². The summed E-state index contributed by atoms with van der Waals surface area (Å²) in [4.78, 5) is 28.3. The van der Waals surface area contributed by atoms with Crippen LogP contribution < -0.4 is 15.1 Å². The Hall–Kier alpha value is -3.60. The maximum Gasteiger partial charge on any atom is 0.247 e. The third kappa shape index (κ3) is 2.86. The van der Waals surface area contributed by atoms with Crippen molar-refractivity contribution in [1.82, 2.24) is 4.57 Å². The van der Waals surface area contributed by atoms with Crippen molar-refractivity contribution in [2.24, 2.45) is 0 Å². The zero-order valence-electron chi connectivity index (χ0n) is 16.8. The monoisotopic (exact) mass is 398 g/mol. The van der Waals surface area contributed by atoms with Gasteiger partial charge in [0.15, 0.2) is 5.43 Å². The fourth-order valence-electron chi connectivity index (χ4n) is 4.50. The number of ether oxygens (including phenoxy) is 1. The zero-order valence-corrected chi connectivity index (χ0v) is 16.8. The van der Waals surface area contributed by atoms with Crippen LogP contribution in [0.2, 0.25) is 0 Å². The van der Waals surface area contributed by atoms with E-state index in [2.05, 4.69) is 6.07 Å². The number of para-hydroxylation sites is 3. The van der Waals surface area contributed by atoms with Gasteiger partial charge in [0.25, 0.3) is 0 Å². The van der Waals surface area contributed by atoms with Crippen LogP contribution >= 0.6 is 0 Å². The first kappa shape index (κ1) is 18.4. The first-order valence-electron chi connectivity index (χ1n) is 10.2. The largest absolute Gasteiger partial charge is 0.495 e. The minimum Gasteiger partial charge on any atom is -0.495 e. The molecule has 30 heavy (non-hydrogen) atoms. The smallest absolute Gasteiger partial charge is 0.247 e. The maximum atomic E-state index is 13.5. The number of aromatic nitrogens is 1. The lowest BCUT2D eigenvalue weighted by molar-refractivity contribution is -0.119. The third-order valence-electron chi connectivity index (χ3n) is 5.87. The molecule has 0 saturated heterocycles. The molecule has 0 aliphatic carbocycles. The molecule has 5 heteroatoms. The number of pyridine rings is 1. The summed E-state index contributed by atoms with van der Waals surface area (Å²) < 4.78 is 7.51. The Bertz CT molecular complexity index is 1270. The van der Waals surface area contributed by atoms with Crippen molar-refractivity contribution >= 4 is 33.4 Å². The standard InChI is InChI=1S/C25H22N2O3/c1-30-22-14-6-8-17-9-7-15-26(24(17)22)23(28)16-27-20-12-4-2-10-18(20)25(29)19-11-3-5-13-21(19)27/h2-6,8,10-14H,7,9,15-16H2,1H3. The van der Waals surface area contributed by atoms with Gasteiger partial charge < -0.3 is 14.2 Å². The number of methoxy groups -OCH3 is 1. The van der Waals surface area contributed by atoms with Crippen molar-refractivity contribution in [3.05, 3.63) is 82.5 Å². The number of carbonyl (C=O) groups excluding carboxylic acids is 1. The lowest BCUT2D eigenvalue weighted by Gasteiger charge is -2.31. The molecule has 1 aliphatic heterocycles. The van der Waals surface area contributed by atoms with Gasteiger partial charge in [-0.3, -0.25) is 9.59 Å². The highest BCUT2D eigenvalue weighted by Crippen LogP contribution is 2.36. The molecule has 3 aromatic carbocycles. The van der Waals surface area contributed by atoms with Gasteiger partial charge >= 0.3 is 0 Å². The number of aryl methyl sites for hydroxylation is 1. The highest BCUT2D eigenvalue weighted by Gasteiger charge is 2.26. The number of carbonyl (C=O) groups is 1. The summed E-state index contributed by atoms with van der Waals surface area (Å²) in [6.07, 6.45) is 1.85. The number of benzene rings is 3. The SMILES string of the molecule is COc1cccc2c1N(C(=O)Cn1c3ccccc3c(=O)c3ccccc31)CCC2. The van der Waals surface area contributed by atoms with Gasteiger partial charge in [-0.25, -0.2) is 0 Å². The molecule has 1 aromatic heterocycles. The van der Waals surface area contributed by atoms with Crippen molar-refractivity contribution in [3.8, 4) is 5.75 Å². The molecule has 2 heterocycles. The van der Waals surface area contributed by atoms with Crippen LogP contribution in [0.5, 0.6) is 5.75 Å². The van der Waals surface area contributed by atoms with Crippen molar-refractivity contribution in [1.29, 1.82) is 0 Å². The van der Waals surface area contributed by atoms with Gasteiger partial charge in [-0.15, -0.1) is 0 Å². The molecule has 0 spiro atoms. The fourth-order valence-corrected chi connectivity index (χ4v) is 4.50. The zero-order chi connectivity index (χ0) is 20.7. The summed E-state index contributed by atoms with van der Waals surface area (Å²) >= 11 is 0. The molecule has 0 unspecified atom stereocenters. The first-order valence-corrected chi connectivity index (χ1v) is 10.2. The van der Waals surface area contributed by atoms with E-state index in [-0.39, 0.29) is 17.9 Å². The Kier molecular flexibility index (Phi) is 4.51. The number of nitrogens with zero attached hydrogens (tertiary/aromatic N) is 2. The molecule has 150 valence electrons. The van der Waals surface area contributed by atoms with Gasteiger partial charge in [-0.05, 0) is 48.7 Å². The second-order valence-corrected chi connectivity index (χ2v) is 7.57. The lowest BCUT2D eigenvalue weighted by Crippen LogP contribution is -2.38. The van der Waals surface area contributed by atoms with Gasteiger partial charge in [0.05, 0.1) is 23.8 Å². The van der Waals surface area contributed by atoms with Crippen LogP contribution in [0.1, 0.15) is 12.0 Å². The molecule has 1 amide bonds. The van der Waals surface area contributed by atoms with Crippen LogP contribution in [0.4, 0.5) is 5.69 Å². The van der Waals surface area contributed by atoms with Crippen LogP contribution in [0.15, 0.2) is 71.5 Å². The highest BCUT2D eigenvalue weighted by molar-refractivity contribution is 5.99. The van der Waals surface area contributed by atoms with E-state index in [0.29, 0.717) is 17.3 Å². The van der Waals surface area contributed by atoms with Gasteiger partial charge in [0, 0.05) is 17.3 Å². The summed E-state index contributed by atoms with van der Waals surface area (Å²) in [5.41, 5.74) is 3.53. The van der Waals surface area contributed by atoms with E-state index >= 15 is 0 Å². The molecule has 1 aliphatic rings. The topological polar surface area (TPSA) is 51.5 Å². The van der Waals surface area contributed by atoms with Gasteiger partial charge in [-0.1, -0.05) is 36.4 Å². The Morgan fingerprint density at radius 2 is 1.60 bits per heavy atom. The van der Waals surface area contributed by atoms with E-state index < -0.39 is 0 Å². The summed E-state index contributed by atoms with van der Waals surface area (Å²) in [6.45, 7) is 0.807. The molecular formula is C25H22N2O3. The summed E-state index contributed by atoms with van der Waals surface area (Å²) in [6, 6.07) is 20.9. The number of hydrogen-bond acceptors (Lipinski definition) is 3. The number of rotatable bonds is 3. The Morgan fingerprint density at radius 3 is 2.27 bits per heavy atom. The summed E-state index contributed by atoms with van der Waals surface area (Å²) in [5, 5.41) is 1.25. The van der Waals surface area contributed by atoms with Gasteiger partial charge in [0.2, 0.25) is 5.91 Å². The van der Waals surface area contributed by atoms with Crippen molar-refractivity contribution < 1.29 is 9.53 Å². The molecule has 0 bridgehead atoms. The van der Waals surface area contributed by atoms with Crippen molar-refractivity contribution in [3.63, 3.8) is 0 Å². The van der Waals surface area contributed by atoms with Crippen LogP contribution in [0, 0.1) is 0 Å².